The first kappa shape index (κ1) is 17.2. The highest BCUT2D eigenvalue weighted by atomic mass is 16.4. The third kappa shape index (κ3) is 2.14. The van der Waals surface area contributed by atoms with Crippen LogP contribution in [0, 0.1) is 0 Å². The van der Waals surface area contributed by atoms with Crippen LogP contribution in [0.2, 0.25) is 0 Å². The zero-order chi connectivity index (χ0) is 21.6. The smallest absolute Gasteiger partial charge is 0.344 e. The summed E-state index contributed by atoms with van der Waals surface area (Å²) < 4.78 is 17.1. The lowest BCUT2D eigenvalue weighted by Gasteiger charge is -2.15. The van der Waals surface area contributed by atoms with Crippen LogP contribution in [0.3, 0.4) is 0 Å². The standard InChI is InChI=1S/C22H10O9/c23-8-4-13-16-14(5-8)30-20-15-9(6-12(26)18(20)27)22(28)31-21(17(15)16)19(29-13)7-1-2-10(24)11(25)3-7/h1-6,24-27H. The SMILES string of the molecule is O=c1cc2oc(-c3ccc(O)c(O)c3)c3oc(=O)c4cc(O)c(O)c5oc(c1)c2c3c54. The molecule has 152 valence electrons. The molecule has 6 aromatic rings. The Hall–Kier alpha value is -4.66. The van der Waals surface area contributed by atoms with Gasteiger partial charge in [0.05, 0.1) is 10.8 Å². The van der Waals surface area contributed by atoms with Crippen LogP contribution in [0.5, 0.6) is 23.0 Å². The van der Waals surface area contributed by atoms with Gasteiger partial charge in [-0.1, -0.05) is 0 Å². The normalized spacial score (nSPS) is 12.0. The van der Waals surface area contributed by atoms with Crippen molar-refractivity contribution in [1.29, 1.82) is 0 Å². The Bertz CT molecular complexity index is 1820. The molecule has 31 heavy (non-hydrogen) atoms. The van der Waals surface area contributed by atoms with Gasteiger partial charge in [0.15, 0.2) is 39.6 Å². The van der Waals surface area contributed by atoms with E-state index in [1.165, 1.54) is 30.3 Å². The van der Waals surface area contributed by atoms with Crippen LogP contribution in [0.15, 0.2) is 59.2 Å². The van der Waals surface area contributed by atoms with Gasteiger partial charge < -0.3 is 33.7 Å². The summed E-state index contributed by atoms with van der Waals surface area (Å²) in [7, 11) is 0. The van der Waals surface area contributed by atoms with Gasteiger partial charge in [0, 0.05) is 28.5 Å². The Morgan fingerprint density at radius 1 is 0.645 bits per heavy atom. The summed E-state index contributed by atoms with van der Waals surface area (Å²) in [5.41, 5.74) is -1.06. The summed E-state index contributed by atoms with van der Waals surface area (Å²) in [6.07, 6.45) is 0. The monoisotopic (exact) mass is 418 g/mol. The molecule has 3 heterocycles. The Labute approximate surface area is 169 Å². The minimum absolute atomic E-state index is 0.00812. The van der Waals surface area contributed by atoms with E-state index >= 15 is 0 Å². The lowest BCUT2D eigenvalue weighted by atomic mass is 9.99. The molecule has 0 aliphatic rings. The van der Waals surface area contributed by atoms with Gasteiger partial charge in [0.2, 0.25) is 5.75 Å². The number of hydrogen-bond acceptors (Lipinski definition) is 9. The molecule has 0 spiro atoms. The molecule has 0 fully saturated rings. The Morgan fingerprint density at radius 3 is 2.13 bits per heavy atom. The molecule has 6 rings (SSSR count). The highest BCUT2D eigenvalue weighted by Gasteiger charge is 2.26. The molecule has 0 bridgehead atoms. The second-order valence-electron chi connectivity index (χ2n) is 7.12. The van der Waals surface area contributed by atoms with Crippen LogP contribution in [0.1, 0.15) is 0 Å². The Kier molecular flexibility index (Phi) is 3.04. The van der Waals surface area contributed by atoms with E-state index in [0.717, 1.165) is 6.07 Å². The average molecular weight is 418 g/mol. The molecule has 0 amide bonds. The van der Waals surface area contributed by atoms with Crippen LogP contribution in [0.4, 0.5) is 0 Å². The van der Waals surface area contributed by atoms with Crippen molar-refractivity contribution in [2.24, 2.45) is 0 Å². The largest absolute Gasteiger partial charge is 0.504 e. The van der Waals surface area contributed by atoms with Crippen molar-refractivity contribution in [1.82, 2.24) is 0 Å². The molecule has 0 atom stereocenters. The number of aromatic hydroxyl groups is 4. The molecule has 0 aliphatic heterocycles. The first-order valence-electron chi connectivity index (χ1n) is 9.00. The number of rotatable bonds is 1. The van der Waals surface area contributed by atoms with Gasteiger partial charge in [-0.2, -0.15) is 0 Å². The van der Waals surface area contributed by atoms with Crippen molar-refractivity contribution < 1.29 is 33.7 Å². The summed E-state index contributed by atoms with van der Waals surface area (Å²) in [6, 6.07) is 7.36. The number of benzene rings is 3. The predicted molar refractivity (Wildman–Crippen MR) is 109 cm³/mol. The number of phenols is 4. The molecule has 0 saturated heterocycles. The summed E-state index contributed by atoms with van der Waals surface area (Å²) in [5.74, 6) is -1.97. The van der Waals surface area contributed by atoms with Crippen LogP contribution in [0.25, 0.3) is 55.2 Å². The van der Waals surface area contributed by atoms with Crippen LogP contribution < -0.4 is 11.1 Å². The lowest BCUT2D eigenvalue weighted by molar-refractivity contribution is 0.401. The van der Waals surface area contributed by atoms with E-state index in [-0.39, 0.29) is 50.2 Å². The lowest BCUT2D eigenvalue weighted by Crippen LogP contribution is -2.04. The van der Waals surface area contributed by atoms with Crippen molar-refractivity contribution in [2.75, 3.05) is 0 Å². The predicted octanol–water partition coefficient (Wildman–Crippen LogP) is 3.73. The molecule has 0 unspecified atom stereocenters. The zero-order valence-electron chi connectivity index (χ0n) is 15.3. The molecular formula is C22H10O9. The van der Waals surface area contributed by atoms with Crippen molar-refractivity contribution in [3.63, 3.8) is 0 Å². The van der Waals surface area contributed by atoms with Gasteiger partial charge in [0.25, 0.3) is 0 Å². The van der Waals surface area contributed by atoms with Gasteiger partial charge in [-0.3, -0.25) is 4.79 Å². The first-order chi connectivity index (χ1) is 14.8. The first-order valence-corrected chi connectivity index (χ1v) is 9.00. The van der Waals surface area contributed by atoms with Crippen LogP contribution in [-0.4, -0.2) is 20.4 Å². The van der Waals surface area contributed by atoms with Gasteiger partial charge in [-0.05, 0) is 24.3 Å². The van der Waals surface area contributed by atoms with E-state index in [9.17, 15) is 30.0 Å². The van der Waals surface area contributed by atoms with E-state index in [1.807, 2.05) is 0 Å². The summed E-state index contributed by atoms with van der Waals surface area (Å²) in [5, 5.41) is 40.8. The molecule has 3 aromatic heterocycles. The van der Waals surface area contributed by atoms with Crippen molar-refractivity contribution in [2.45, 2.75) is 0 Å². The molecule has 0 aliphatic carbocycles. The Morgan fingerprint density at radius 2 is 1.39 bits per heavy atom. The zero-order valence-corrected chi connectivity index (χ0v) is 15.3. The van der Waals surface area contributed by atoms with Crippen LogP contribution in [-0.2, 0) is 0 Å². The molecule has 0 radical (unpaired) electrons. The van der Waals surface area contributed by atoms with E-state index < -0.39 is 28.3 Å². The maximum Gasteiger partial charge on any atom is 0.344 e. The van der Waals surface area contributed by atoms with Gasteiger partial charge in [-0.15, -0.1) is 0 Å². The van der Waals surface area contributed by atoms with Gasteiger partial charge >= 0.3 is 5.63 Å². The highest BCUT2D eigenvalue weighted by molar-refractivity contribution is 6.28. The van der Waals surface area contributed by atoms with E-state index in [2.05, 4.69) is 0 Å². The molecule has 0 saturated carbocycles. The minimum atomic E-state index is -0.828. The maximum absolute atomic E-state index is 12.7. The summed E-state index contributed by atoms with van der Waals surface area (Å²) in [4.78, 5) is 24.9. The topological polar surface area (TPSA) is 154 Å². The second-order valence-corrected chi connectivity index (χ2v) is 7.12. The third-order valence-corrected chi connectivity index (χ3v) is 5.28. The van der Waals surface area contributed by atoms with E-state index in [0.29, 0.717) is 10.8 Å². The fraction of sp³-hybridized carbons (Fsp3) is 0. The van der Waals surface area contributed by atoms with E-state index in [4.69, 9.17) is 13.3 Å². The fourth-order valence-corrected chi connectivity index (χ4v) is 3.95. The van der Waals surface area contributed by atoms with Crippen molar-refractivity contribution in [3.05, 3.63) is 57.0 Å². The number of hydrogen-bond donors (Lipinski definition) is 4. The summed E-state index contributed by atoms with van der Waals surface area (Å²) in [6.45, 7) is 0. The molecule has 4 N–H and O–H groups in total. The summed E-state index contributed by atoms with van der Waals surface area (Å²) >= 11 is 0. The fourth-order valence-electron chi connectivity index (χ4n) is 3.95. The molecule has 9 nitrogen and oxygen atoms in total. The molecule has 9 heteroatoms. The van der Waals surface area contributed by atoms with Gasteiger partial charge in [0.1, 0.15) is 11.2 Å². The second kappa shape index (κ2) is 5.48. The van der Waals surface area contributed by atoms with Crippen LogP contribution >= 0.6 is 0 Å². The molecule has 3 aromatic carbocycles. The number of phenolic OH excluding ortho intramolecular Hbond substituents is 4. The minimum Gasteiger partial charge on any atom is -0.504 e. The van der Waals surface area contributed by atoms with Crippen molar-refractivity contribution in [3.8, 4) is 34.3 Å². The average Bonchev–Trinajstić information content (AvgIpc) is 2.73. The third-order valence-electron chi connectivity index (χ3n) is 5.28. The van der Waals surface area contributed by atoms with E-state index in [1.54, 1.807) is 0 Å². The highest BCUT2D eigenvalue weighted by Crippen LogP contribution is 2.47. The van der Waals surface area contributed by atoms with Gasteiger partial charge in [-0.25, -0.2) is 4.79 Å². The molecular weight excluding hydrogens is 408 g/mol. The Balaban J connectivity index is 1.97. The van der Waals surface area contributed by atoms with Crippen molar-refractivity contribution >= 4 is 43.9 Å². The quantitative estimate of drug-likeness (QED) is 0.178. The maximum atomic E-state index is 12.7.